The molecule has 1 rings (SSSR count). The fourth-order valence-electron chi connectivity index (χ4n) is 1.04. The third-order valence-electron chi connectivity index (χ3n) is 2.10. The summed E-state index contributed by atoms with van der Waals surface area (Å²) in [6.07, 6.45) is 1.88. The van der Waals surface area contributed by atoms with Gasteiger partial charge in [0.05, 0.1) is 17.9 Å². The summed E-state index contributed by atoms with van der Waals surface area (Å²) in [5.41, 5.74) is 5.79. The number of nitrogens with zero attached hydrogens (tertiary/aromatic N) is 1. The highest BCUT2D eigenvalue weighted by molar-refractivity contribution is 5.94. The Morgan fingerprint density at radius 3 is 2.88 bits per heavy atom. The van der Waals surface area contributed by atoms with Crippen molar-refractivity contribution in [2.24, 2.45) is 5.73 Å². The fraction of sp³-hybridized carbons (Fsp3) is 0.400. The van der Waals surface area contributed by atoms with E-state index in [0.29, 0.717) is 0 Å². The van der Waals surface area contributed by atoms with Crippen LogP contribution in [-0.4, -0.2) is 39.8 Å². The second kappa shape index (κ2) is 5.43. The van der Waals surface area contributed by atoms with Crippen molar-refractivity contribution in [3.05, 3.63) is 24.0 Å². The van der Waals surface area contributed by atoms with Gasteiger partial charge in [0, 0.05) is 18.8 Å². The zero-order chi connectivity index (χ0) is 12.1. The minimum Gasteiger partial charge on any atom is -0.506 e. The first-order valence-electron chi connectivity index (χ1n) is 4.86. The quantitative estimate of drug-likeness (QED) is 0.538. The molecule has 0 bridgehead atoms. The van der Waals surface area contributed by atoms with Crippen molar-refractivity contribution in [3.63, 3.8) is 0 Å². The molecule has 0 spiro atoms. The van der Waals surface area contributed by atoms with E-state index in [1.54, 1.807) is 6.92 Å². The first kappa shape index (κ1) is 12.4. The largest absolute Gasteiger partial charge is 0.506 e. The predicted molar refractivity (Wildman–Crippen MR) is 57.9 cm³/mol. The van der Waals surface area contributed by atoms with Crippen molar-refractivity contribution in [1.82, 2.24) is 10.3 Å². The number of rotatable bonds is 4. The number of hydrogen-bond acceptors (Lipinski definition) is 5. The van der Waals surface area contributed by atoms with E-state index in [0.717, 1.165) is 0 Å². The molecular formula is C10H15N3O3. The van der Waals surface area contributed by atoms with Gasteiger partial charge in [-0.05, 0) is 13.0 Å². The van der Waals surface area contributed by atoms with Crippen molar-refractivity contribution in [3.8, 4) is 5.75 Å². The normalized spacial score (nSPS) is 14.2. The summed E-state index contributed by atoms with van der Waals surface area (Å²) in [5, 5.41) is 20.8. The third-order valence-corrected chi connectivity index (χ3v) is 2.10. The second-order valence-corrected chi connectivity index (χ2v) is 3.55. The summed E-state index contributed by atoms with van der Waals surface area (Å²) in [6.45, 7) is 1.71. The van der Waals surface area contributed by atoms with Crippen molar-refractivity contribution in [2.75, 3.05) is 6.54 Å². The molecule has 6 heteroatoms. The molecule has 0 aromatic carbocycles. The van der Waals surface area contributed by atoms with E-state index >= 15 is 0 Å². The second-order valence-electron chi connectivity index (χ2n) is 3.55. The van der Waals surface area contributed by atoms with Crippen LogP contribution in [0.15, 0.2) is 18.5 Å². The van der Waals surface area contributed by atoms with E-state index in [2.05, 4.69) is 10.3 Å². The fourth-order valence-corrected chi connectivity index (χ4v) is 1.04. The molecule has 16 heavy (non-hydrogen) atoms. The zero-order valence-corrected chi connectivity index (χ0v) is 8.92. The van der Waals surface area contributed by atoms with Gasteiger partial charge in [-0.3, -0.25) is 9.78 Å². The third kappa shape index (κ3) is 3.48. The van der Waals surface area contributed by atoms with Crippen LogP contribution in [0.2, 0.25) is 0 Å². The predicted octanol–water partition coefficient (Wildman–Crippen LogP) is -0.775. The van der Waals surface area contributed by atoms with Crippen LogP contribution in [0.4, 0.5) is 0 Å². The number of aliphatic hydroxyl groups is 1. The summed E-state index contributed by atoms with van der Waals surface area (Å²) < 4.78 is 0. The Morgan fingerprint density at radius 1 is 1.62 bits per heavy atom. The summed E-state index contributed by atoms with van der Waals surface area (Å²) in [6, 6.07) is 0.783. The number of pyridine rings is 1. The van der Waals surface area contributed by atoms with Crippen molar-refractivity contribution in [1.29, 1.82) is 0 Å². The Bertz CT molecular complexity index is 368. The summed E-state index contributed by atoms with van der Waals surface area (Å²) >= 11 is 0. The molecule has 88 valence electrons. The molecule has 5 N–H and O–H groups in total. The molecule has 0 fully saturated rings. The molecule has 0 radical (unpaired) electrons. The molecule has 1 heterocycles. The Labute approximate surface area is 93.1 Å². The number of aliphatic hydroxyl groups excluding tert-OH is 1. The van der Waals surface area contributed by atoms with Gasteiger partial charge in [0.15, 0.2) is 0 Å². The van der Waals surface area contributed by atoms with Crippen LogP contribution in [0.25, 0.3) is 0 Å². The van der Waals surface area contributed by atoms with E-state index in [-0.39, 0.29) is 23.8 Å². The highest BCUT2D eigenvalue weighted by Crippen LogP contribution is 2.07. The molecule has 6 nitrogen and oxygen atoms in total. The molecule has 1 amide bonds. The molecule has 0 aliphatic heterocycles. The molecule has 0 saturated heterocycles. The van der Waals surface area contributed by atoms with Gasteiger partial charge >= 0.3 is 0 Å². The monoisotopic (exact) mass is 225 g/mol. The van der Waals surface area contributed by atoms with Gasteiger partial charge in [0.25, 0.3) is 5.91 Å². The lowest BCUT2D eigenvalue weighted by molar-refractivity contribution is 0.0937. The molecule has 0 aliphatic carbocycles. The lowest BCUT2D eigenvalue weighted by Crippen LogP contribution is -2.43. The molecule has 0 aliphatic rings. The average molecular weight is 225 g/mol. The molecule has 2 unspecified atom stereocenters. The lowest BCUT2D eigenvalue weighted by Gasteiger charge is -2.15. The SMILES string of the molecule is CC(O)C(N)CNC(=O)c1cncc(O)c1. The maximum Gasteiger partial charge on any atom is 0.253 e. The Hall–Kier alpha value is -1.66. The number of hydrogen-bond donors (Lipinski definition) is 4. The van der Waals surface area contributed by atoms with Crippen molar-refractivity contribution >= 4 is 5.91 Å². The summed E-state index contributed by atoms with van der Waals surface area (Å²) in [7, 11) is 0. The van der Waals surface area contributed by atoms with E-state index in [4.69, 9.17) is 15.9 Å². The molecular weight excluding hydrogens is 210 g/mol. The van der Waals surface area contributed by atoms with Crippen LogP contribution in [0.1, 0.15) is 17.3 Å². The summed E-state index contributed by atoms with van der Waals surface area (Å²) in [4.78, 5) is 15.2. The van der Waals surface area contributed by atoms with E-state index in [9.17, 15) is 4.79 Å². The van der Waals surface area contributed by atoms with Crippen LogP contribution in [0.5, 0.6) is 5.75 Å². The van der Waals surface area contributed by atoms with Gasteiger partial charge in [0.2, 0.25) is 0 Å². The smallest absolute Gasteiger partial charge is 0.253 e. The van der Waals surface area contributed by atoms with E-state index < -0.39 is 12.1 Å². The Kier molecular flexibility index (Phi) is 4.21. The molecule has 2 atom stereocenters. The standard InChI is InChI=1S/C10H15N3O3/c1-6(14)9(11)5-13-10(16)7-2-8(15)4-12-3-7/h2-4,6,9,14-15H,5,11H2,1H3,(H,13,16). The molecule has 1 aromatic heterocycles. The first-order valence-corrected chi connectivity index (χ1v) is 4.86. The highest BCUT2D eigenvalue weighted by Gasteiger charge is 2.12. The topological polar surface area (TPSA) is 108 Å². The van der Waals surface area contributed by atoms with Crippen LogP contribution < -0.4 is 11.1 Å². The summed E-state index contributed by atoms with van der Waals surface area (Å²) in [5.74, 6) is -0.466. The van der Waals surface area contributed by atoms with Gasteiger partial charge in [-0.25, -0.2) is 0 Å². The number of nitrogens with one attached hydrogen (secondary N) is 1. The van der Waals surface area contributed by atoms with Crippen molar-refractivity contribution < 1.29 is 15.0 Å². The molecule has 1 aromatic rings. The van der Waals surface area contributed by atoms with Gasteiger partial charge in [0.1, 0.15) is 5.75 Å². The van der Waals surface area contributed by atoms with E-state index in [1.807, 2.05) is 0 Å². The maximum atomic E-state index is 11.5. The van der Waals surface area contributed by atoms with Crippen molar-refractivity contribution in [2.45, 2.75) is 19.1 Å². The van der Waals surface area contributed by atoms with Crippen LogP contribution in [-0.2, 0) is 0 Å². The minimum atomic E-state index is -0.692. The Morgan fingerprint density at radius 2 is 2.31 bits per heavy atom. The van der Waals surface area contributed by atoms with Gasteiger partial charge < -0.3 is 21.3 Å². The minimum absolute atomic E-state index is 0.0764. The van der Waals surface area contributed by atoms with Crippen LogP contribution in [0, 0.1) is 0 Å². The van der Waals surface area contributed by atoms with Gasteiger partial charge in [-0.2, -0.15) is 0 Å². The van der Waals surface area contributed by atoms with Crippen LogP contribution in [0.3, 0.4) is 0 Å². The zero-order valence-electron chi connectivity index (χ0n) is 8.92. The maximum absolute atomic E-state index is 11.5. The van der Waals surface area contributed by atoms with Crippen LogP contribution >= 0.6 is 0 Å². The highest BCUT2D eigenvalue weighted by atomic mass is 16.3. The average Bonchev–Trinajstić information content (AvgIpc) is 2.25. The first-order chi connectivity index (χ1) is 7.50. The number of amides is 1. The number of aromatic hydroxyl groups is 1. The molecule has 0 saturated carbocycles. The number of carbonyl (C=O) groups is 1. The Balaban J connectivity index is 2.53. The number of carbonyl (C=O) groups excluding carboxylic acids is 1. The van der Waals surface area contributed by atoms with Gasteiger partial charge in [-0.1, -0.05) is 0 Å². The lowest BCUT2D eigenvalue weighted by atomic mass is 10.2. The number of aromatic nitrogens is 1. The van der Waals surface area contributed by atoms with E-state index in [1.165, 1.54) is 18.5 Å². The van der Waals surface area contributed by atoms with Gasteiger partial charge in [-0.15, -0.1) is 0 Å². The number of nitrogens with two attached hydrogens (primary N) is 1.